The van der Waals surface area contributed by atoms with E-state index in [0.717, 1.165) is 32.1 Å². The van der Waals surface area contributed by atoms with E-state index < -0.39 is 11.8 Å². The highest BCUT2D eigenvalue weighted by Gasteiger charge is 2.29. The van der Waals surface area contributed by atoms with Gasteiger partial charge in [-0.3, -0.25) is 14.2 Å². The van der Waals surface area contributed by atoms with Gasteiger partial charge in [-0.15, -0.1) is 0 Å². The third-order valence-electron chi connectivity index (χ3n) is 4.97. The third kappa shape index (κ3) is 4.03. The van der Waals surface area contributed by atoms with Crippen molar-refractivity contribution in [3.8, 4) is 0 Å². The maximum atomic E-state index is 12.8. The first-order chi connectivity index (χ1) is 13.1. The van der Waals surface area contributed by atoms with Gasteiger partial charge in [0.25, 0.3) is 0 Å². The minimum absolute atomic E-state index is 0.0731. The molecular weight excluding hydrogens is 350 g/mol. The number of carbonyl (C=O) groups is 1. The zero-order chi connectivity index (χ0) is 19.4. The highest BCUT2D eigenvalue weighted by molar-refractivity contribution is 5.90. The second kappa shape index (κ2) is 8.62. The van der Waals surface area contributed by atoms with Gasteiger partial charge in [-0.1, -0.05) is 32.6 Å². The number of ether oxygens (including phenoxy) is 1. The number of hydrogen-bond donors (Lipinski definition) is 2. The highest BCUT2D eigenvalue weighted by Crippen LogP contribution is 2.30. The van der Waals surface area contributed by atoms with Crippen molar-refractivity contribution in [2.75, 3.05) is 12.3 Å². The van der Waals surface area contributed by atoms with E-state index >= 15 is 0 Å². The second-order valence-corrected chi connectivity index (χ2v) is 6.97. The van der Waals surface area contributed by atoms with Gasteiger partial charge in [0.1, 0.15) is 6.23 Å². The number of aliphatic hydroxyl groups is 1. The number of aromatic nitrogens is 4. The summed E-state index contributed by atoms with van der Waals surface area (Å²) in [4.78, 5) is 32.9. The number of nitrogens with zero attached hydrogens (tertiary/aromatic N) is 4. The van der Waals surface area contributed by atoms with E-state index in [1.165, 1.54) is 10.9 Å². The van der Waals surface area contributed by atoms with E-state index in [-0.39, 0.29) is 30.1 Å². The van der Waals surface area contributed by atoms with Crippen LogP contribution in [0.3, 0.4) is 0 Å². The van der Waals surface area contributed by atoms with Gasteiger partial charge in [-0.05, 0) is 19.3 Å². The van der Waals surface area contributed by atoms with Crippen LogP contribution in [0.2, 0.25) is 0 Å². The van der Waals surface area contributed by atoms with E-state index in [4.69, 9.17) is 10.5 Å². The Hall–Kier alpha value is -2.26. The van der Waals surface area contributed by atoms with Gasteiger partial charge in [-0.2, -0.15) is 4.98 Å². The van der Waals surface area contributed by atoms with Crippen LogP contribution < -0.4 is 11.3 Å². The largest absolute Gasteiger partial charge is 0.394 e. The Bertz CT molecular complexity index is 859. The molecule has 2 aromatic heterocycles. The number of rotatable bonds is 8. The SMILES string of the molecule is CCCCCCCC(=O)n1c(N)nc(=O)c2ncn([C@H]3CC[C@@H](CO)O3)c21. The molecule has 0 bridgehead atoms. The van der Waals surface area contributed by atoms with Crippen LogP contribution in [-0.4, -0.2) is 42.8 Å². The van der Waals surface area contributed by atoms with E-state index in [1.807, 2.05) is 0 Å². The number of carbonyl (C=O) groups excluding carboxylic acids is 1. The van der Waals surface area contributed by atoms with E-state index in [0.29, 0.717) is 24.9 Å². The monoisotopic (exact) mass is 377 g/mol. The molecule has 1 aliphatic heterocycles. The van der Waals surface area contributed by atoms with Crippen LogP contribution in [0.25, 0.3) is 11.2 Å². The van der Waals surface area contributed by atoms with Gasteiger partial charge in [0, 0.05) is 6.42 Å². The van der Waals surface area contributed by atoms with Crippen LogP contribution in [0.15, 0.2) is 11.1 Å². The maximum absolute atomic E-state index is 12.8. The summed E-state index contributed by atoms with van der Waals surface area (Å²) in [5, 5.41) is 9.30. The molecule has 0 aliphatic carbocycles. The Morgan fingerprint density at radius 3 is 2.81 bits per heavy atom. The average Bonchev–Trinajstić information content (AvgIpc) is 3.28. The molecule has 148 valence electrons. The first-order valence-corrected chi connectivity index (χ1v) is 9.61. The van der Waals surface area contributed by atoms with Crippen molar-refractivity contribution in [1.29, 1.82) is 0 Å². The minimum Gasteiger partial charge on any atom is -0.394 e. The first-order valence-electron chi connectivity index (χ1n) is 9.61. The smallest absolute Gasteiger partial charge is 0.302 e. The Morgan fingerprint density at radius 1 is 1.33 bits per heavy atom. The molecule has 9 heteroatoms. The lowest BCUT2D eigenvalue weighted by Gasteiger charge is -2.17. The molecule has 1 fully saturated rings. The number of unbranched alkanes of at least 4 members (excludes halogenated alkanes) is 4. The number of anilines is 1. The summed E-state index contributed by atoms with van der Waals surface area (Å²) in [6.45, 7) is 2.07. The summed E-state index contributed by atoms with van der Waals surface area (Å²) < 4.78 is 8.72. The van der Waals surface area contributed by atoms with Crippen molar-refractivity contribution in [1.82, 2.24) is 19.1 Å². The number of nitrogens with two attached hydrogens (primary N) is 1. The summed E-state index contributed by atoms with van der Waals surface area (Å²) in [7, 11) is 0. The fourth-order valence-corrected chi connectivity index (χ4v) is 3.52. The molecule has 2 aromatic rings. The fraction of sp³-hybridized carbons (Fsp3) is 0.667. The van der Waals surface area contributed by atoms with Gasteiger partial charge < -0.3 is 15.6 Å². The molecule has 1 aliphatic rings. The molecular formula is C18H27N5O4. The summed E-state index contributed by atoms with van der Waals surface area (Å²) >= 11 is 0. The van der Waals surface area contributed by atoms with Gasteiger partial charge >= 0.3 is 5.56 Å². The quantitative estimate of drug-likeness (QED) is 0.672. The highest BCUT2D eigenvalue weighted by atomic mass is 16.5. The van der Waals surface area contributed by atoms with Crippen molar-refractivity contribution in [3.05, 3.63) is 16.7 Å². The fourth-order valence-electron chi connectivity index (χ4n) is 3.52. The topological polar surface area (TPSA) is 125 Å². The lowest BCUT2D eigenvalue weighted by molar-refractivity contribution is -0.0208. The van der Waals surface area contributed by atoms with Crippen molar-refractivity contribution in [3.63, 3.8) is 0 Å². The molecule has 0 amide bonds. The number of imidazole rings is 1. The Balaban J connectivity index is 1.91. The summed E-state index contributed by atoms with van der Waals surface area (Å²) in [6.07, 6.45) is 7.58. The predicted molar refractivity (Wildman–Crippen MR) is 100 cm³/mol. The van der Waals surface area contributed by atoms with Crippen LogP contribution in [0.1, 0.15) is 69.3 Å². The lowest BCUT2D eigenvalue weighted by Crippen LogP contribution is -2.25. The van der Waals surface area contributed by atoms with Crippen LogP contribution in [0.4, 0.5) is 5.95 Å². The van der Waals surface area contributed by atoms with Crippen molar-refractivity contribution < 1.29 is 14.6 Å². The standard InChI is InChI=1S/C18H27N5O4/c1-2-3-4-5-6-7-13(25)23-17-15(16(26)21-18(23)19)20-11-22(17)14-9-8-12(10-24)27-14/h11-12,14,24H,2-10H2,1H3,(H2,19,21,26)/t12-,14+/m0/s1. The van der Waals surface area contributed by atoms with Crippen molar-refractivity contribution >= 4 is 23.0 Å². The van der Waals surface area contributed by atoms with Crippen LogP contribution in [0, 0.1) is 0 Å². The average molecular weight is 377 g/mol. The van der Waals surface area contributed by atoms with Gasteiger partial charge in [0.2, 0.25) is 11.9 Å². The molecule has 2 atom stereocenters. The van der Waals surface area contributed by atoms with Crippen LogP contribution in [-0.2, 0) is 4.74 Å². The van der Waals surface area contributed by atoms with Gasteiger partial charge in [0.05, 0.1) is 19.0 Å². The molecule has 3 heterocycles. The summed E-state index contributed by atoms with van der Waals surface area (Å²) in [5.41, 5.74) is 5.78. The lowest BCUT2D eigenvalue weighted by atomic mass is 10.1. The van der Waals surface area contributed by atoms with Crippen molar-refractivity contribution in [2.24, 2.45) is 0 Å². The Labute approximate surface area is 157 Å². The van der Waals surface area contributed by atoms with Gasteiger partial charge in [0.15, 0.2) is 11.2 Å². The van der Waals surface area contributed by atoms with Crippen molar-refractivity contribution in [2.45, 2.75) is 70.6 Å². The zero-order valence-corrected chi connectivity index (χ0v) is 15.6. The third-order valence-corrected chi connectivity index (χ3v) is 4.97. The van der Waals surface area contributed by atoms with Crippen LogP contribution in [0.5, 0.6) is 0 Å². The summed E-state index contributed by atoms with van der Waals surface area (Å²) in [6, 6.07) is 0. The number of nitrogen functional groups attached to an aromatic ring is 1. The predicted octanol–water partition coefficient (Wildman–Crippen LogP) is 1.85. The van der Waals surface area contributed by atoms with Crippen LogP contribution >= 0.6 is 0 Å². The Kier molecular flexibility index (Phi) is 6.22. The number of fused-ring (bicyclic) bond motifs is 1. The van der Waals surface area contributed by atoms with Gasteiger partial charge in [-0.25, -0.2) is 9.55 Å². The van der Waals surface area contributed by atoms with E-state index in [1.54, 1.807) is 4.57 Å². The molecule has 27 heavy (non-hydrogen) atoms. The molecule has 3 rings (SSSR count). The molecule has 0 aromatic carbocycles. The molecule has 9 nitrogen and oxygen atoms in total. The zero-order valence-electron chi connectivity index (χ0n) is 15.6. The molecule has 3 N–H and O–H groups in total. The molecule has 0 unspecified atom stereocenters. The molecule has 0 saturated carbocycles. The molecule has 1 saturated heterocycles. The second-order valence-electron chi connectivity index (χ2n) is 6.97. The normalized spacial score (nSPS) is 19.8. The maximum Gasteiger partial charge on any atom is 0.302 e. The minimum atomic E-state index is -0.565. The van der Waals surface area contributed by atoms with E-state index in [9.17, 15) is 14.7 Å². The molecule has 0 radical (unpaired) electrons. The first kappa shape index (κ1) is 19.5. The number of aliphatic hydroxyl groups excluding tert-OH is 1. The summed E-state index contributed by atoms with van der Waals surface area (Å²) in [5.74, 6) is -0.343. The number of hydrogen-bond acceptors (Lipinski definition) is 7. The van der Waals surface area contributed by atoms with E-state index in [2.05, 4.69) is 16.9 Å². The Morgan fingerprint density at radius 2 is 2.11 bits per heavy atom. The molecule has 0 spiro atoms.